The molecule has 0 saturated heterocycles. The topological polar surface area (TPSA) is 43.1 Å². The first-order valence-electron chi connectivity index (χ1n) is 3.42. The van der Waals surface area contributed by atoms with Crippen molar-refractivity contribution >= 4 is 0 Å². The van der Waals surface area contributed by atoms with Crippen molar-refractivity contribution < 1.29 is 4.92 Å². The predicted molar refractivity (Wildman–Crippen MR) is 44.8 cm³/mol. The monoisotopic (exact) mass is 155 g/mol. The molecule has 0 heterocycles. The third kappa shape index (κ3) is 3.55. The van der Waals surface area contributed by atoms with Gasteiger partial charge in [0, 0.05) is 11.6 Å². The van der Waals surface area contributed by atoms with Crippen molar-refractivity contribution in [1.82, 2.24) is 0 Å². The van der Waals surface area contributed by atoms with E-state index in [-0.39, 0.29) is 10.6 Å². The van der Waals surface area contributed by atoms with Crippen LogP contribution in [0.25, 0.3) is 0 Å². The first-order chi connectivity index (χ1) is 4.95. The maximum atomic E-state index is 10.4. The Balaban J connectivity index is 4.81. The van der Waals surface area contributed by atoms with Gasteiger partial charge in [-0.1, -0.05) is 5.57 Å². The molecule has 0 saturated carbocycles. The molecule has 3 heteroatoms. The van der Waals surface area contributed by atoms with Crippen LogP contribution in [0.1, 0.15) is 27.7 Å². The number of hydrogen-bond acceptors (Lipinski definition) is 2. The molecule has 0 fully saturated rings. The molecule has 0 radical (unpaired) electrons. The van der Waals surface area contributed by atoms with Gasteiger partial charge >= 0.3 is 0 Å². The van der Waals surface area contributed by atoms with Crippen LogP contribution in [-0.4, -0.2) is 4.92 Å². The summed E-state index contributed by atoms with van der Waals surface area (Å²) in [6.45, 7) is 7.15. The van der Waals surface area contributed by atoms with Gasteiger partial charge in [0.2, 0.25) is 0 Å². The first-order valence-corrected chi connectivity index (χ1v) is 3.42. The normalized spacial score (nSPS) is 8.73. The lowest BCUT2D eigenvalue weighted by molar-refractivity contribution is -0.420. The predicted octanol–water partition coefficient (Wildman–Crippen LogP) is 2.52. The Morgan fingerprint density at radius 2 is 1.73 bits per heavy atom. The number of rotatable bonds is 2. The lowest BCUT2D eigenvalue weighted by Crippen LogP contribution is -1.97. The smallest absolute Gasteiger partial charge is 0.258 e. The molecule has 0 amide bonds. The quantitative estimate of drug-likeness (QED) is 0.349. The zero-order chi connectivity index (χ0) is 9.02. The summed E-state index contributed by atoms with van der Waals surface area (Å²) in [6, 6.07) is 0. The van der Waals surface area contributed by atoms with Gasteiger partial charge in [-0.25, -0.2) is 0 Å². The fraction of sp³-hybridized carbons (Fsp3) is 0.500. The summed E-state index contributed by atoms with van der Waals surface area (Å²) in [5.41, 5.74) is 1.87. The van der Waals surface area contributed by atoms with Crippen LogP contribution in [-0.2, 0) is 0 Å². The van der Waals surface area contributed by atoms with E-state index in [1.807, 2.05) is 13.8 Å². The maximum absolute atomic E-state index is 10.4. The molecule has 0 aromatic rings. The van der Waals surface area contributed by atoms with Crippen LogP contribution < -0.4 is 0 Å². The third-order valence-electron chi connectivity index (χ3n) is 1.13. The lowest BCUT2D eigenvalue weighted by Gasteiger charge is -1.94. The molecule has 0 aromatic heterocycles. The van der Waals surface area contributed by atoms with Crippen LogP contribution in [0.2, 0.25) is 0 Å². The average Bonchev–Trinajstić information content (AvgIpc) is 1.81. The Morgan fingerprint density at radius 1 is 1.27 bits per heavy atom. The molecule has 0 aromatic carbocycles. The minimum atomic E-state index is -0.359. The molecule has 0 aliphatic heterocycles. The largest absolute Gasteiger partial charge is 0.267 e. The van der Waals surface area contributed by atoms with Gasteiger partial charge in [-0.3, -0.25) is 10.1 Å². The van der Waals surface area contributed by atoms with Crippen LogP contribution in [0.5, 0.6) is 0 Å². The summed E-state index contributed by atoms with van der Waals surface area (Å²) >= 11 is 0. The molecular formula is C8H13NO2. The van der Waals surface area contributed by atoms with E-state index in [9.17, 15) is 10.1 Å². The molecule has 0 atom stereocenters. The van der Waals surface area contributed by atoms with E-state index in [4.69, 9.17) is 0 Å². The van der Waals surface area contributed by atoms with Gasteiger partial charge in [-0.2, -0.15) is 0 Å². The molecule has 0 aliphatic rings. The molecule has 0 aliphatic carbocycles. The van der Waals surface area contributed by atoms with Crippen LogP contribution in [0.15, 0.2) is 22.9 Å². The van der Waals surface area contributed by atoms with Crippen molar-refractivity contribution in [3.05, 3.63) is 33.0 Å². The Morgan fingerprint density at radius 3 is 1.82 bits per heavy atom. The Hall–Kier alpha value is -1.12. The summed E-state index contributed by atoms with van der Waals surface area (Å²) in [5, 5.41) is 10.4. The molecule has 0 rings (SSSR count). The van der Waals surface area contributed by atoms with Crippen molar-refractivity contribution in [2.75, 3.05) is 0 Å². The molecule has 0 unspecified atom stereocenters. The zero-order valence-electron chi connectivity index (χ0n) is 7.34. The summed E-state index contributed by atoms with van der Waals surface area (Å²) < 4.78 is 0. The molecule has 62 valence electrons. The maximum Gasteiger partial charge on any atom is 0.267 e. The molecule has 3 nitrogen and oxygen atoms in total. The highest BCUT2D eigenvalue weighted by atomic mass is 16.6. The minimum absolute atomic E-state index is 0.199. The van der Waals surface area contributed by atoms with Crippen molar-refractivity contribution in [3.63, 3.8) is 0 Å². The zero-order valence-corrected chi connectivity index (χ0v) is 7.34. The van der Waals surface area contributed by atoms with Gasteiger partial charge < -0.3 is 0 Å². The van der Waals surface area contributed by atoms with Crippen LogP contribution in [0.3, 0.4) is 0 Å². The highest BCUT2D eigenvalue weighted by molar-refractivity contribution is 5.19. The third-order valence-corrected chi connectivity index (χ3v) is 1.13. The van der Waals surface area contributed by atoms with Crippen molar-refractivity contribution in [2.45, 2.75) is 27.7 Å². The van der Waals surface area contributed by atoms with Crippen LogP contribution >= 0.6 is 0 Å². The van der Waals surface area contributed by atoms with E-state index < -0.39 is 0 Å². The Bertz CT molecular complexity index is 218. The molecule has 0 bridgehead atoms. The Labute approximate surface area is 66.6 Å². The fourth-order valence-corrected chi connectivity index (χ4v) is 0.653. The highest BCUT2D eigenvalue weighted by Gasteiger charge is 2.07. The van der Waals surface area contributed by atoms with E-state index in [1.54, 1.807) is 19.9 Å². The SMILES string of the molecule is CC(C)=CC(=C(C)C)[N+](=O)[O-]. The molecule has 0 spiro atoms. The van der Waals surface area contributed by atoms with Crippen molar-refractivity contribution in [3.8, 4) is 0 Å². The van der Waals surface area contributed by atoms with E-state index >= 15 is 0 Å². The van der Waals surface area contributed by atoms with Crippen molar-refractivity contribution in [2.24, 2.45) is 0 Å². The second-order valence-electron chi connectivity index (χ2n) is 2.86. The Kier molecular flexibility index (Phi) is 3.51. The number of nitro groups is 1. The van der Waals surface area contributed by atoms with E-state index in [0.29, 0.717) is 0 Å². The number of allylic oxidation sites excluding steroid dienone is 3. The average molecular weight is 155 g/mol. The van der Waals surface area contributed by atoms with Crippen LogP contribution in [0.4, 0.5) is 0 Å². The molecule has 0 N–H and O–H groups in total. The summed E-state index contributed by atoms with van der Waals surface area (Å²) in [7, 11) is 0. The second kappa shape index (κ2) is 3.91. The van der Waals surface area contributed by atoms with Gasteiger partial charge in [0.25, 0.3) is 5.70 Å². The van der Waals surface area contributed by atoms with E-state index in [2.05, 4.69) is 0 Å². The van der Waals surface area contributed by atoms with Gasteiger partial charge in [-0.15, -0.1) is 0 Å². The lowest BCUT2D eigenvalue weighted by atomic mass is 10.2. The van der Waals surface area contributed by atoms with Gasteiger partial charge in [0.05, 0.1) is 4.92 Å². The highest BCUT2D eigenvalue weighted by Crippen LogP contribution is 2.08. The molecular weight excluding hydrogens is 142 g/mol. The first kappa shape index (κ1) is 9.88. The van der Waals surface area contributed by atoms with Crippen molar-refractivity contribution in [1.29, 1.82) is 0 Å². The number of nitrogens with zero attached hydrogens (tertiary/aromatic N) is 1. The number of hydrogen-bond donors (Lipinski definition) is 0. The fourth-order valence-electron chi connectivity index (χ4n) is 0.653. The standard InChI is InChI=1S/C8H13NO2/c1-6(2)5-8(7(3)4)9(10)11/h5H,1-4H3. The van der Waals surface area contributed by atoms with Gasteiger partial charge in [0.15, 0.2) is 0 Å². The minimum Gasteiger partial charge on any atom is -0.258 e. The molecule has 11 heavy (non-hydrogen) atoms. The van der Waals surface area contributed by atoms with Gasteiger partial charge in [-0.05, 0) is 27.7 Å². The summed E-state index contributed by atoms with van der Waals surface area (Å²) in [5.74, 6) is 0. The van der Waals surface area contributed by atoms with Gasteiger partial charge in [0.1, 0.15) is 0 Å². The summed E-state index contributed by atoms with van der Waals surface area (Å²) in [6.07, 6.45) is 1.58. The van der Waals surface area contributed by atoms with E-state index in [1.165, 1.54) is 0 Å². The van der Waals surface area contributed by atoms with Crippen LogP contribution in [0, 0.1) is 10.1 Å². The van der Waals surface area contributed by atoms with E-state index in [0.717, 1.165) is 11.1 Å². The second-order valence-corrected chi connectivity index (χ2v) is 2.86. The summed E-state index contributed by atoms with van der Waals surface area (Å²) in [4.78, 5) is 10.0.